The third-order valence-electron chi connectivity index (χ3n) is 4.13. The second-order valence-corrected chi connectivity index (χ2v) is 6.65. The van der Waals surface area contributed by atoms with E-state index >= 15 is 0 Å². The molecule has 0 aliphatic rings. The number of methoxy groups -OCH3 is 2. The molecule has 0 saturated carbocycles. The second-order valence-electron chi connectivity index (χ2n) is 6.24. The van der Waals surface area contributed by atoms with Crippen LogP contribution in [-0.2, 0) is 6.61 Å². The van der Waals surface area contributed by atoms with Crippen molar-refractivity contribution < 1.29 is 14.2 Å². The molecule has 3 rings (SSSR count). The van der Waals surface area contributed by atoms with E-state index in [9.17, 15) is 0 Å². The van der Waals surface area contributed by atoms with Gasteiger partial charge in [0.05, 0.1) is 20.4 Å². The number of hydrazone groups is 1. The van der Waals surface area contributed by atoms with Crippen LogP contribution in [0.5, 0.6) is 17.2 Å². The molecule has 154 valence electrons. The molecule has 0 atom stereocenters. The largest absolute Gasteiger partial charge is 0.493 e. The number of hydrogen-bond acceptors (Lipinski definition) is 5. The van der Waals surface area contributed by atoms with E-state index in [2.05, 4.69) is 15.8 Å². The molecule has 3 aromatic carbocycles. The summed E-state index contributed by atoms with van der Waals surface area (Å²) in [4.78, 5) is 0. The van der Waals surface area contributed by atoms with Crippen LogP contribution in [-0.4, -0.2) is 25.5 Å². The molecule has 0 aliphatic carbocycles. The number of ether oxygens (including phenoxy) is 3. The maximum atomic E-state index is 5.84. The summed E-state index contributed by atoms with van der Waals surface area (Å²) in [7, 11) is 3.17. The number of nitrogens with zero attached hydrogens (tertiary/aromatic N) is 1. The minimum atomic E-state index is 0.356. The highest BCUT2D eigenvalue weighted by Crippen LogP contribution is 2.29. The lowest BCUT2D eigenvalue weighted by Gasteiger charge is -2.11. The zero-order valence-electron chi connectivity index (χ0n) is 16.8. The molecule has 0 radical (unpaired) electrons. The van der Waals surface area contributed by atoms with Crippen molar-refractivity contribution in [2.45, 2.75) is 6.61 Å². The number of rotatable bonds is 8. The maximum absolute atomic E-state index is 5.84. The first kappa shape index (κ1) is 21.1. The van der Waals surface area contributed by atoms with E-state index in [-0.39, 0.29) is 0 Å². The summed E-state index contributed by atoms with van der Waals surface area (Å²) in [6.07, 6.45) is 1.68. The number of hydrogen-bond donors (Lipinski definition) is 2. The van der Waals surface area contributed by atoms with Crippen LogP contribution in [0.15, 0.2) is 77.9 Å². The van der Waals surface area contributed by atoms with Gasteiger partial charge in [0.15, 0.2) is 16.6 Å². The van der Waals surface area contributed by atoms with Crippen LogP contribution in [0.2, 0.25) is 0 Å². The molecule has 0 heterocycles. The zero-order chi connectivity index (χ0) is 21.2. The molecule has 0 spiro atoms. The summed E-state index contributed by atoms with van der Waals surface area (Å²) in [6.45, 7) is 0.513. The van der Waals surface area contributed by atoms with Gasteiger partial charge >= 0.3 is 0 Å². The fraction of sp³-hybridized carbons (Fsp3) is 0.130. The minimum Gasteiger partial charge on any atom is -0.493 e. The molecule has 7 heteroatoms. The zero-order valence-corrected chi connectivity index (χ0v) is 17.6. The third-order valence-corrected chi connectivity index (χ3v) is 4.32. The molecule has 0 saturated heterocycles. The molecule has 0 aliphatic heterocycles. The van der Waals surface area contributed by atoms with Crippen LogP contribution in [0.3, 0.4) is 0 Å². The average Bonchev–Trinajstić information content (AvgIpc) is 2.78. The smallest absolute Gasteiger partial charge is 0.191 e. The second kappa shape index (κ2) is 10.8. The molecule has 6 nitrogen and oxygen atoms in total. The number of thiocarbonyl (C=S) groups is 1. The van der Waals surface area contributed by atoms with Crippen LogP contribution in [0.25, 0.3) is 0 Å². The van der Waals surface area contributed by atoms with Crippen LogP contribution < -0.4 is 25.0 Å². The van der Waals surface area contributed by atoms with Crippen molar-refractivity contribution in [2.24, 2.45) is 5.10 Å². The van der Waals surface area contributed by atoms with Gasteiger partial charge in [-0.25, -0.2) is 0 Å². The van der Waals surface area contributed by atoms with Gasteiger partial charge in [-0.3, -0.25) is 5.43 Å². The Morgan fingerprint density at radius 1 is 0.933 bits per heavy atom. The summed E-state index contributed by atoms with van der Waals surface area (Å²) >= 11 is 5.28. The quantitative estimate of drug-likeness (QED) is 0.315. The summed E-state index contributed by atoms with van der Waals surface area (Å²) in [6, 6.07) is 23.1. The summed E-state index contributed by atoms with van der Waals surface area (Å²) in [5, 5.41) is 7.59. The Morgan fingerprint density at radius 2 is 1.73 bits per heavy atom. The highest BCUT2D eigenvalue weighted by atomic mass is 32.1. The highest BCUT2D eigenvalue weighted by molar-refractivity contribution is 7.80. The first-order valence-corrected chi connectivity index (χ1v) is 9.67. The van der Waals surface area contributed by atoms with Gasteiger partial charge in [-0.1, -0.05) is 42.5 Å². The van der Waals surface area contributed by atoms with Gasteiger partial charge in [0, 0.05) is 11.8 Å². The minimum absolute atomic E-state index is 0.356. The van der Waals surface area contributed by atoms with Crippen molar-refractivity contribution in [3.8, 4) is 17.2 Å². The van der Waals surface area contributed by atoms with Crippen LogP contribution in [0.1, 0.15) is 11.1 Å². The van der Waals surface area contributed by atoms with E-state index in [0.29, 0.717) is 23.2 Å². The lowest BCUT2D eigenvalue weighted by molar-refractivity contribution is 0.306. The van der Waals surface area contributed by atoms with E-state index in [4.69, 9.17) is 26.4 Å². The van der Waals surface area contributed by atoms with Gasteiger partial charge in [-0.05, 0) is 47.6 Å². The van der Waals surface area contributed by atoms with E-state index in [1.807, 2.05) is 60.7 Å². The van der Waals surface area contributed by atoms with Crippen molar-refractivity contribution >= 4 is 29.2 Å². The van der Waals surface area contributed by atoms with Crippen molar-refractivity contribution in [3.63, 3.8) is 0 Å². The van der Waals surface area contributed by atoms with E-state index in [0.717, 1.165) is 22.6 Å². The van der Waals surface area contributed by atoms with Gasteiger partial charge in [0.25, 0.3) is 0 Å². The fourth-order valence-corrected chi connectivity index (χ4v) is 2.83. The predicted molar refractivity (Wildman–Crippen MR) is 124 cm³/mol. The summed E-state index contributed by atoms with van der Waals surface area (Å²) in [5.74, 6) is 2.03. The Morgan fingerprint density at radius 3 is 2.50 bits per heavy atom. The van der Waals surface area contributed by atoms with E-state index < -0.39 is 0 Å². The number of anilines is 1. The monoisotopic (exact) mass is 421 g/mol. The molecular weight excluding hydrogens is 398 g/mol. The van der Waals surface area contributed by atoms with E-state index in [1.54, 1.807) is 32.6 Å². The summed E-state index contributed by atoms with van der Waals surface area (Å²) < 4.78 is 16.4. The maximum Gasteiger partial charge on any atom is 0.191 e. The van der Waals surface area contributed by atoms with Crippen molar-refractivity contribution in [1.82, 2.24) is 5.43 Å². The topological polar surface area (TPSA) is 64.1 Å². The first-order valence-electron chi connectivity index (χ1n) is 9.27. The Labute approximate surface area is 181 Å². The van der Waals surface area contributed by atoms with Crippen molar-refractivity contribution in [1.29, 1.82) is 0 Å². The molecule has 0 fully saturated rings. The molecular formula is C23H23N3O3S. The molecule has 0 bridgehead atoms. The highest BCUT2D eigenvalue weighted by Gasteiger charge is 2.05. The van der Waals surface area contributed by atoms with Gasteiger partial charge in [0.2, 0.25) is 0 Å². The molecule has 3 aromatic rings. The average molecular weight is 422 g/mol. The van der Waals surface area contributed by atoms with Gasteiger partial charge in [0.1, 0.15) is 12.4 Å². The van der Waals surface area contributed by atoms with Crippen LogP contribution in [0, 0.1) is 0 Å². The number of benzene rings is 3. The van der Waals surface area contributed by atoms with Gasteiger partial charge in [-0.2, -0.15) is 5.10 Å². The molecule has 0 unspecified atom stereocenters. The van der Waals surface area contributed by atoms with Crippen molar-refractivity contribution in [3.05, 3.63) is 83.9 Å². The molecule has 0 amide bonds. The molecule has 30 heavy (non-hydrogen) atoms. The normalized spacial score (nSPS) is 10.5. The Bertz CT molecular complexity index is 1010. The standard InChI is InChI=1S/C23H23N3O3S/c1-27-21-12-11-19(14-22(21)28-2)25-23(30)26-24-15-18-9-6-10-20(13-18)29-16-17-7-4-3-5-8-17/h3-15H,16H2,1-2H3,(H2,25,26,30). The lowest BCUT2D eigenvalue weighted by atomic mass is 10.2. The Balaban J connectivity index is 1.53. The van der Waals surface area contributed by atoms with Crippen molar-refractivity contribution in [2.75, 3.05) is 19.5 Å². The van der Waals surface area contributed by atoms with E-state index in [1.165, 1.54) is 0 Å². The van der Waals surface area contributed by atoms with Crippen LogP contribution >= 0.6 is 12.2 Å². The van der Waals surface area contributed by atoms with Crippen LogP contribution in [0.4, 0.5) is 5.69 Å². The first-order chi connectivity index (χ1) is 14.7. The SMILES string of the molecule is COc1ccc(NC(=S)NN=Cc2cccc(OCc3ccccc3)c2)cc1OC. The third kappa shape index (κ3) is 6.22. The predicted octanol–water partition coefficient (Wildman–Crippen LogP) is 4.60. The molecule has 2 N–H and O–H groups in total. The Hall–Kier alpha value is -3.58. The number of nitrogens with one attached hydrogen (secondary N) is 2. The molecule has 0 aromatic heterocycles. The van der Waals surface area contributed by atoms with Gasteiger partial charge < -0.3 is 19.5 Å². The fourth-order valence-electron chi connectivity index (χ4n) is 2.66. The Kier molecular flexibility index (Phi) is 7.63. The lowest BCUT2D eigenvalue weighted by Crippen LogP contribution is -2.23. The van der Waals surface area contributed by atoms with Gasteiger partial charge in [-0.15, -0.1) is 0 Å². The summed E-state index contributed by atoms with van der Waals surface area (Å²) in [5.41, 5.74) is 5.57.